The molecule has 6 aromatic rings. The second-order valence-electron chi connectivity index (χ2n) is 9.91. The van der Waals surface area contributed by atoms with Crippen LogP contribution < -0.4 is 5.32 Å². The zero-order valence-corrected chi connectivity index (χ0v) is 23.3. The molecule has 0 bridgehead atoms. The molecule has 7 rings (SSSR count). The minimum absolute atomic E-state index is 0.291. The maximum Gasteiger partial charge on any atom is 0.255 e. The van der Waals surface area contributed by atoms with Gasteiger partial charge in [0.2, 0.25) is 5.91 Å². The normalized spacial score (nSPS) is 14.7. The Bertz CT molecular complexity index is 1980. The highest BCUT2D eigenvalue weighted by molar-refractivity contribution is 6.30. The van der Waals surface area contributed by atoms with Gasteiger partial charge in [-0.15, -0.1) is 5.10 Å². The summed E-state index contributed by atoms with van der Waals surface area (Å²) in [5.74, 6) is -0.268. The molecule has 43 heavy (non-hydrogen) atoms. The van der Waals surface area contributed by atoms with Crippen LogP contribution in [0.2, 0.25) is 5.02 Å². The summed E-state index contributed by atoms with van der Waals surface area (Å²) in [6.45, 7) is 0.759. The molecule has 4 heterocycles. The van der Waals surface area contributed by atoms with Gasteiger partial charge in [0.1, 0.15) is 12.2 Å². The van der Waals surface area contributed by atoms with Crippen LogP contribution in [0.25, 0.3) is 33.9 Å². The van der Waals surface area contributed by atoms with E-state index in [1.807, 2.05) is 41.0 Å². The molecule has 0 fully saturated rings. The molecule has 1 unspecified atom stereocenters. The summed E-state index contributed by atoms with van der Waals surface area (Å²) < 4.78 is 3.48. The first-order valence-electron chi connectivity index (χ1n) is 13.4. The van der Waals surface area contributed by atoms with Crippen LogP contribution in [-0.4, -0.2) is 63.2 Å². The van der Waals surface area contributed by atoms with Crippen molar-refractivity contribution in [2.75, 3.05) is 11.9 Å². The number of anilines is 1. The van der Waals surface area contributed by atoms with E-state index in [1.165, 1.54) is 22.0 Å². The summed E-state index contributed by atoms with van der Waals surface area (Å²) in [5.41, 5.74) is 4.48. The number of tetrazole rings is 1. The highest BCUT2D eigenvalue weighted by Gasteiger charge is 2.38. The number of amides is 2. The number of halogens is 1. The van der Waals surface area contributed by atoms with Crippen LogP contribution in [0.5, 0.6) is 0 Å². The third-order valence-corrected chi connectivity index (χ3v) is 7.54. The van der Waals surface area contributed by atoms with Crippen molar-refractivity contribution in [2.45, 2.75) is 12.6 Å². The van der Waals surface area contributed by atoms with Gasteiger partial charge in [0.05, 0.1) is 29.3 Å². The van der Waals surface area contributed by atoms with E-state index in [0.717, 1.165) is 22.2 Å². The largest absolute Gasteiger partial charge is 0.324 e. The first-order chi connectivity index (χ1) is 21.0. The van der Waals surface area contributed by atoms with Crippen LogP contribution in [0, 0.1) is 0 Å². The van der Waals surface area contributed by atoms with Gasteiger partial charge in [0.25, 0.3) is 5.91 Å². The Kier molecular flexibility index (Phi) is 6.72. The smallest absolute Gasteiger partial charge is 0.255 e. The first-order valence-corrected chi connectivity index (χ1v) is 13.8. The molecule has 0 saturated carbocycles. The number of hydrogen-bond acceptors (Lipinski definition) is 7. The molecule has 13 heteroatoms. The molecule has 3 aromatic heterocycles. The van der Waals surface area contributed by atoms with Crippen molar-refractivity contribution in [1.29, 1.82) is 0 Å². The molecule has 2 N–H and O–H groups in total. The van der Waals surface area contributed by atoms with E-state index in [1.54, 1.807) is 48.8 Å². The summed E-state index contributed by atoms with van der Waals surface area (Å²) in [6, 6.07) is 19.5. The van der Waals surface area contributed by atoms with E-state index in [9.17, 15) is 9.59 Å². The van der Waals surface area contributed by atoms with Crippen molar-refractivity contribution in [1.82, 2.24) is 44.9 Å². The van der Waals surface area contributed by atoms with Crippen LogP contribution in [0.4, 0.5) is 5.69 Å². The SMILES string of the molecule is O=C(Nc1ccc2cn[nH]c2c1)C1c2ncc(-c3ccccc3)n2CCN1C(=O)/C=C/c1cc(Cl)ccc1-n1cnnn1. The molecule has 1 aliphatic heterocycles. The molecule has 12 nitrogen and oxygen atoms in total. The fraction of sp³-hybridized carbons (Fsp3) is 0.100. The van der Waals surface area contributed by atoms with E-state index < -0.39 is 6.04 Å². The standard InChI is InChI=1S/C30H23ClN10O2/c31-22-8-10-25(41-18-34-37-38-41)20(14-22)7-11-27(42)40-13-12-39-26(19-4-2-1-3-5-19)17-32-29(39)28(40)30(43)35-23-9-6-21-16-33-36-24(21)15-23/h1-11,14-18,28H,12-13H2,(H,33,36)(H,35,43)/b11-7+. The average molecular weight is 591 g/mol. The van der Waals surface area contributed by atoms with Crippen LogP contribution in [0.1, 0.15) is 17.4 Å². The second-order valence-corrected chi connectivity index (χ2v) is 10.3. The Morgan fingerprint density at radius 3 is 2.74 bits per heavy atom. The highest BCUT2D eigenvalue weighted by Crippen LogP contribution is 2.32. The molecular weight excluding hydrogens is 568 g/mol. The Labute approximate surface area is 249 Å². The lowest BCUT2D eigenvalue weighted by Gasteiger charge is -2.35. The maximum absolute atomic E-state index is 13.9. The molecular formula is C30H23ClN10O2. The highest BCUT2D eigenvalue weighted by atomic mass is 35.5. The number of H-pyrrole nitrogens is 1. The van der Waals surface area contributed by atoms with E-state index in [4.69, 9.17) is 11.6 Å². The lowest BCUT2D eigenvalue weighted by molar-refractivity contribution is -0.136. The minimum atomic E-state index is -0.987. The van der Waals surface area contributed by atoms with Crippen molar-refractivity contribution < 1.29 is 9.59 Å². The molecule has 3 aromatic carbocycles. The fourth-order valence-corrected chi connectivity index (χ4v) is 5.46. The number of hydrogen-bond donors (Lipinski definition) is 2. The number of rotatable bonds is 6. The van der Waals surface area contributed by atoms with E-state index in [0.29, 0.717) is 40.9 Å². The van der Waals surface area contributed by atoms with Crippen LogP contribution in [0.15, 0.2) is 91.5 Å². The van der Waals surface area contributed by atoms with Crippen molar-refractivity contribution >= 4 is 46.1 Å². The zero-order valence-electron chi connectivity index (χ0n) is 22.5. The quantitative estimate of drug-likeness (QED) is 0.276. The van der Waals surface area contributed by atoms with Crippen LogP contribution in [0.3, 0.4) is 0 Å². The van der Waals surface area contributed by atoms with E-state index >= 15 is 0 Å². The summed E-state index contributed by atoms with van der Waals surface area (Å²) in [6.07, 6.45) is 7.98. The van der Waals surface area contributed by atoms with Gasteiger partial charge in [-0.3, -0.25) is 14.7 Å². The summed E-state index contributed by atoms with van der Waals surface area (Å²) in [5, 5.41) is 22.7. The Morgan fingerprint density at radius 2 is 1.91 bits per heavy atom. The van der Waals surface area contributed by atoms with Crippen LogP contribution in [-0.2, 0) is 16.1 Å². The number of carbonyl (C=O) groups excluding carboxylic acids is 2. The number of benzene rings is 3. The lowest BCUT2D eigenvalue weighted by Crippen LogP contribution is -2.46. The number of nitrogens with zero attached hydrogens (tertiary/aromatic N) is 8. The van der Waals surface area contributed by atoms with E-state index in [-0.39, 0.29) is 11.8 Å². The summed E-state index contributed by atoms with van der Waals surface area (Å²) in [7, 11) is 0. The van der Waals surface area contributed by atoms with Gasteiger partial charge in [-0.05, 0) is 58.5 Å². The Hall–Kier alpha value is -5.62. The number of fused-ring (bicyclic) bond motifs is 2. The van der Waals surface area contributed by atoms with Crippen molar-refractivity contribution in [3.8, 4) is 16.9 Å². The Balaban J connectivity index is 1.23. The van der Waals surface area contributed by atoms with Gasteiger partial charge in [-0.1, -0.05) is 41.9 Å². The number of imidazole rings is 1. The molecule has 0 spiro atoms. The van der Waals surface area contributed by atoms with Gasteiger partial charge in [-0.2, -0.15) is 9.78 Å². The van der Waals surface area contributed by atoms with Gasteiger partial charge >= 0.3 is 0 Å². The zero-order chi connectivity index (χ0) is 29.3. The predicted octanol–water partition coefficient (Wildman–Crippen LogP) is 4.29. The van der Waals surface area contributed by atoms with Gasteiger partial charge in [0.15, 0.2) is 6.04 Å². The average Bonchev–Trinajstić information content (AvgIpc) is 3.81. The maximum atomic E-state index is 13.9. The predicted molar refractivity (Wildman–Crippen MR) is 160 cm³/mol. The molecule has 212 valence electrons. The molecule has 0 aliphatic carbocycles. The monoisotopic (exact) mass is 590 g/mol. The second kappa shape index (κ2) is 11.0. The number of carbonyl (C=O) groups is 2. The number of nitrogens with one attached hydrogen (secondary N) is 2. The van der Waals surface area contributed by atoms with Crippen molar-refractivity contribution in [2.24, 2.45) is 0 Å². The topological polar surface area (TPSA) is 140 Å². The lowest BCUT2D eigenvalue weighted by atomic mass is 10.1. The summed E-state index contributed by atoms with van der Waals surface area (Å²) in [4.78, 5) is 33.9. The first kappa shape index (κ1) is 26.3. The van der Waals surface area contributed by atoms with Gasteiger partial charge in [-0.25, -0.2) is 4.98 Å². The van der Waals surface area contributed by atoms with Crippen LogP contribution >= 0.6 is 11.6 Å². The van der Waals surface area contributed by atoms with Crippen molar-refractivity contribution in [3.63, 3.8) is 0 Å². The van der Waals surface area contributed by atoms with Gasteiger partial charge < -0.3 is 14.8 Å². The third-order valence-electron chi connectivity index (χ3n) is 7.31. The third kappa shape index (κ3) is 5.04. The van der Waals surface area contributed by atoms with Gasteiger partial charge in [0, 0.05) is 40.8 Å². The van der Waals surface area contributed by atoms with E-state index in [2.05, 4.69) is 36.0 Å². The molecule has 0 radical (unpaired) electrons. The number of aromatic nitrogens is 8. The fourth-order valence-electron chi connectivity index (χ4n) is 5.28. The molecule has 1 atom stereocenters. The minimum Gasteiger partial charge on any atom is -0.324 e. The molecule has 1 aliphatic rings. The van der Waals surface area contributed by atoms with Crippen molar-refractivity contribution in [3.05, 3.63) is 108 Å². The number of aromatic amines is 1. The molecule has 2 amide bonds. The molecule has 0 saturated heterocycles. The Morgan fingerprint density at radius 1 is 1.02 bits per heavy atom. The summed E-state index contributed by atoms with van der Waals surface area (Å²) >= 11 is 6.26.